The molecule has 2 aromatic carbocycles. The van der Waals surface area contributed by atoms with Crippen molar-refractivity contribution in [2.45, 2.75) is 0 Å². The molecule has 15 heavy (non-hydrogen) atoms. The lowest BCUT2D eigenvalue weighted by Crippen LogP contribution is -2.07. The van der Waals surface area contributed by atoms with E-state index < -0.39 is 28.7 Å². The van der Waals surface area contributed by atoms with Gasteiger partial charge in [-0.15, -0.1) is 0 Å². The van der Waals surface area contributed by atoms with E-state index >= 15 is 0 Å². The van der Waals surface area contributed by atoms with Gasteiger partial charge in [0.15, 0.2) is 17.5 Å². The average Bonchev–Trinajstić information content (AvgIpc) is 2.20. The van der Waals surface area contributed by atoms with Crippen molar-refractivity contribution in [1.29, 1.82) is 0 Å². The Hall–Kier alpha value is -1.52. The van der Waals surface area contributed by atoms with Gasteiger partial charge in [-0.05, 0) is 17.5 Å². The van der Waals surface area contributed by atoms with Crippen LogP contribution in [-0.2, 0) is 0 Å². The Kier molecular flexibility index (Phi) is 2.18. The van der Waals surface area contributed by atoms with Gasteiger partial charge in [-0.3, -0.25) is 0 Å². The molecule has 0 heterocycles. The Morgan fingerprint density at radius 3 is 2.20 bits per heavy atom. The molecule has 76 valence electrons. The van der Waals surface area contributed by atoms with Gasteiger partial charge in [-0.2, -0.15) is 0 Å². The lowest BCUT2D eigenvalue weighted by atomic mass is 9.89. The fourth-order valence-corrected chi connectivity index (χ4v) is 1.51. The van der Waals surface area contributed by atoms with Crippen LogP contribution < -0.4 is 5.46 Å². The molecule has 0 aliphatic heterocycles. The number of hydrogen-bond donors (Lipinski definition) is 0. The second-order valence-corrected chi connectivity index (χ2v) is 3.27. The molecule has 2 aromatic rings. The van der Waals surface area contributed by atoms with E-state index in [1.165, 1.54) is 6.07 Å². The Morgan fingerprint density at radius 1 is 0.867 bits per heavy atom. The predicted molar refractivity (Wildman–Crippen MR) is 52.0 cm³/mol. The van der Waals surface area contributed by atoms with Gasteiger partial charge in [-0.1, -0.05) is 11.5 Å². The number of hydrogen-bond acceptors (Lipinski definition) is 0. The Morgan fingerprint density at radius 2 is 1.53 bits per heavy atom. The van der Waals surface area contributed by atoms with Gasteiger partial charge in [0.2, 0.25) is 0 Å². The maximum atomic E-state index is 13.2. The van der Waals surface area contributed by atoms with Crippen molar-refractivity contribution < 1.29 is 17.6 Å². The predicted octanol–water partition coefficient (Wildman–Crippen LogP) is 1.65. The van der Waals surface area contributed by atoms with Crippen LogP contribution in [0.2, 0.25) is 0 Å². The minimum atomic E-state index is -1.65. The first-order valence-corrected chi connectivity index (χ1v) is 4.24. The largest absolute Gasteiger partial charge is 0.206 e. The van der Waals surface area contributed by atoms with Crippen LogP contribution in [0.1, 0.15) is 0 Å². The van der Waals surface area contributed by atoms with Crippen molar-refractivity contribution in [3.05, 3.63) is 41.5 Å². The average molecular weight is 212 g/mol. The van der Waals surface area contributed by atoms with Gasteiger partial charge in [-0.25, -0.2) is 17.6 Å². The molecule has 0 radical (unpaired) electrons. The maximum Gasteiger partial charge on any atom is 0.195 e. The minimum absolute atomic E-state index is 0.0476. The highest BCUT2D eigenvalue weighted by molar-refractivity contribution is 6.38. The van der Waals surface area contributed by atoms with Crippen LogP contribution in [0.5, 0.6) is 0 Å². The second-order valence-electron chi connectivity index (χ2n) is 3.27. The summed E-state index contributed by atoms with van der Waals surface area (Å²) in [6.45, 7) is 0. The summed E-state index contributed by atoms with van der Waals surface area (Å²) >= 11 is 0. The van der Waals surface area contributed by atoms with Crippen molar-refractivity contribution in [1.82, 2.24) is 0 Å². The van der Waals surface area contributed by atoms with Crippen molar-refractivity contribution >= 4 is 24.1 Å². The third-order valence-electron chi connectivity index (χ3n) is 2.31. The first-order valence-electron chi connectivity index (χ1n) is 4.24. The van der Waals surface area contributed by atoms with Crippen LogP contribution in [-0.4, -0.2) is 7.85 Å². The molecule has 0 fully saturated rings. The van der Waals surface area contributed by atoms with Gasteiger partial charge in [0.25, 0.3) is 0 Å². The summed E-state index contributed by atoms with van der Waals surface area (Å²) in [5, 5.41) is -0.458. The molecule has 0 amide bonds. The van der Waals surface area contributed by atoms with E-state index in [1.807, 2.05) is 0 Å². The molecular weight excluding hydrogens is 207 g/mol. The van der Waals surface area contributed by atoms with E-state index in [9.17, 15) is 17.6 Å². The smallest absolute Gasteiger partial charge is 0.195 e. The summed E-state index contributed by atoms with van der Waals surface area (Å²) in [4.78, 5) is 0. The van der Waals surface area contributed by atoms with Crippen molar-refractivity contribution in [2.24, 2.45) is 0 Å². The van der Waals surface area contributed by atoms with E-state index in [2.05, 4.69) is 0 Å². The first kappa shape index (κ1) is 10.0. The van der Waals surface area contributed by atoms with Gasteiger partial charge in [0.1, 0.15) is 13.7 Å². The Labute approximate surface area is 83.9 Å². The van der Waals surface area contributed by atoms with Crippen molar-refractivity contribution in [3.8, 4) is 0 Å². The fraction of sp³-hybridized carbons (Fsp3) is 0. The van der Waals surface area contributed by atoms with E-state index in [0.717, 1.165) is 12.1 Å². The highest BCUT2D eigenvalue weighted by atomic mass is 19.2. The molecule has 0 N–H and O–H groups in total. The molecule has 0 bridgehead atoms. The van der Waals surface area contributed by atoms with Crippen LogP contribution in [0.3, 0.4) is 0 Å². The summed E-state index contributed by atoms with van der Waals surface area (Å²) in [7, 11) is 1.57. The third-order valence-corrected chi connectivity index (χ3v) is 2.31. The zero-order chi connectivity index (χ0) is 11.2. The molecule has 0 unspecified atom stereocenters. The van der Waals surface area contributed by atoms with Crippen LogP contribution in [0.4, 0.5) is 17.6 Å². The monoisotopic (exact) mass is 212 g/mol. The lowest BCUT2D eigenvalue weighted by molar-refractivity contribution is 0.451. The quantitative estimate of drug-likeness (QED) is 0.354. The topological polar surface area (TPSA) is 0 Å². The van der Waals surface area contributed by atoms with Crippen LogP contribution >= 0.6 is 0 Å². The molecule has 0 aromatic heterocycles. The van der Waals surface area contributed by atoms with Gasteiger partial charge in [0.05, 0.1) is 5.39 Å². The number of benzene rings is 2. The highest BCUT2D eigenvalue weighted by Crippen LogP contribution is 2.23. The molecule has 0 aliphatic rings. The minimum Gasteiger partial charge on any atom is -0.206 e. The molecular formula is C10H5BF4. The van der Waals surface area contributed by atoms with Crippen LogP contribution in [0.15, 0.2) is 18.2 Å². The molecule has 0 saturated carbocycles. The molecule has 0 aliphatic carbocycles. The van der Waals surface area contributed by atoms with E-state index in [4.69, 9.17) is 0 Å². The molecule has 5 heteroatoms. The van der Waals surface area contributed by atoms with E-state index in [-0.39, 0.29) is 5.39 Å². The maximum absolute atomic E-state index is 13.2. The summed E-state index contributed by atoms with van der Waals surface area (Å²) < 4.78 is 52.2. The summed E-state index contributed by atoms with van der Waals surface area (Å²) in [6, 6.07) is 3.21. The lowest BCUT2D eigenvalue weighted by Gasteiger charge is -2.06. The summed E-state index contributed by atoms with van der Waals surface area (Å²) in [5.74, 6) is -5.33. The Bertz CT molecular complexity index is 551. The number of halogens is 4. The van der Waals surface area contributed by atoms with E-state index in [0.29, 0.717) is 5.46 Å². The molecule has 0 atom stereocenters. The molecule has 0 saturated heterocycles. The van der Waals surface area contributed by atoms with Gasteiger partial charge >= 0.3 is 0 Å². The molecule has 0 spiro atoms. The van der Waals surface area contributed by atoms with E-state index in [1.54, 1.807) is 7.85 Å². The Balaban J connectivity index is 3.04. The van der Waals surface area contributed by atoms with Gasteiger partial charge < -0.3 is 0 Å². The number of fused-ring (bicyclic) bond motifs is 1. The van der Waals surface area contributed by atoms with Crippen molar-refractivity contribution in [3.63, 3.8) is 0 Å². The van der Waals surface area contributed by atoms with Gasteiger partial charge in [0, 0.05) is 0 Å². The summed E-state index contributed by atoms with van der Waals surface area (Å²) in [5.41, 5.74) is 0.490. The molecule has 2 rings (SSSR count). The number of rotatable bonds is 0. The summed E-state index contributed by atoms with van der Waals surface area (Å²) in [6.07, 6.45) is 0. The SMILES string of the molecule is Bc1ccc(F)c2c(F)c(F)c(F)cc12. The standard InChI is InChI=1S/C10H5BF4/c11-5-1-2-6(12)8-4(5)3-7(13)9(14)10(8)15/h1-3H,11H2. The van der Waals surface area contributed by atoms with Crippen molar-refractivity contribution in [2.75, 3.05) is 0 Å². The first-order chi connectivity index (χ1) is 7.02. The molecule has 0 nitrogen and oxygen atoms in total. The third kappa shape index (κ3) is 1.38. The normalized spacial score (nSPS) is 10.9. The second kappa shape index (κ2) is 3.26. The van der Waals surface area contributed by atoms with Crippen LogP contribution in [0, 0.1) is 23.3 Å². The zero-order valence-electron chi connectivity index (χ0n) is 7.74. The van der Waals surface area contributed by atoms with Crippen LogP contribution in [0.25, 0.3) is 10.8 Å². The zero-order valence-corrected chi connectivity index (χ0v) is 7.74. The fourth-order valence-electron chi connectivity index (χ4n) is 1.51. The highest BCUT2D eigenvalue weighted by Gasteiger charge is 2.17.